The Bertz CT molecular complexity index is 469. The standard InChI is InChI=1S/C13H17N3S/c14-12(9-4-2-1-3-5-9)13-16-10-8-15-7-6-11(10)17-13/h6-9,12H,1-5,14H2. The lowest BCUT2D eigenvalue weighted by molar-refractivity contribution is 0.308. The molecular formula is C13H17N3S. The van der Waals surface area contributed by atoms with Gasteiger partial charge in [0.1, 0.15) is 5.01 Å². The van der Waals surface area contributed by atoms with E-state index < -0.39 is 0 Å². The summed E-state index contributed by atoms with van der Waals surface area (Å²) in [6, 6.07) is 2.14. The monoisotopic (exact) mass is 247 g/mol. The Labute approximate surface area is 105 Å². The van der Waals surface area contributed by atoms with Crippen LogP contribution < -0.4 is 5.73 Å². The zero-order valence-corrected chi connectivity index (χ0v) is 10.6. The van der Waals surface area contributed by atoms with Gasteiger partial charge in [0, 0.05) is 6.20 Å². The molecule has 1 saturated carbocycles. The number of fused-ring (bicyclic) bond motifs is 1. The number of aromatic nitrogens is 2. The molecule has 0 aliphatic heterocycles. The van der Waals surface area contributed by atoms with Crippen molar-refractivity contribution in [2.45, 2.75) is 38.1 Å². The van der Waals surface area contributed by atoms with Crippen LogP contribution in [-0.4, -0.2) is 9.97 Å². The molecule has 0 spiro atoms. The van der Waals surface area contributed by atoms with Gasteiger partial charge >= 0.3 is 0 Å². The number of hydrogen-bond donors (Lipinski definition) is 1. The summed E-state index contributed by atoms with van der Waals surface area (Å²) in [5, 5.41) is 1.08. The Morgan fingerprint density at radius 3 is 2.88 bits per heavy atom. The van der Waals surface area contributed by atoms with Gasteiger partial charge in [-0.05, 0) is 24.8 Å². The molecule has 1 unspecified atom stereocenters. The zero-order valence-electron chi connectivity index (χ0n) is 9.80. The minimum absolute atomic E-state index is 0.118. The predicted molar refractivity (Wildman–Crippen MR) is 70.9 cm³/mol. The Hall–Kier alpha value is -1.00. The number of thiazole rings is 1. The second-order valence-electron chi connectivity index (χ2n) is 4.82. The van der Waals surface area contributed by atoms with E-state index in [4.69, 9.17) is 5.73 Å². The SMILES string of the molecule is NC(c1nc2cnccc2s1)C1CCCCC1. The van der Waals surface area contributed by atoms with Gasteiger partial charge in [-0.1, -0.05) is 19.3 Å². The third-order valence-electron chi connectivity index (χ3n) is 3.65. The summed E-state index contributed by atoms with van der Waals surface area (Å²) >= 11 is 1.72. The molecule has 0 amide bonds. The van der Waals surface area contributed by atoms with Crippen molar-refractivity contribution in [3.8, 4) is 0 Å². The van der Waals surface area contributed by atoms with Gasteiger partial charge < -0.3 is 5.73 Å². The first-order valence-electron chi connectivity index (χ1n) is 6.30. The molecule has 1 aliphatic rings. The van der Waals surface area contributed by atoms with Gasteiger partial charge in [-0.15, -0.1) is 11.3 Å². The summed E-state index contributed by atoms with van der Waals surface area (Å²) < 4.78 is 1.20. The summed E-state index contributed by atoms with van der Waals surface area (Å²) in [6.07, 6.45) is 10.2. The quantitative estimate of drug-likeness (QED) is 0.886. The maximum atomic E-state index is 6.36. The van der Waals surface area contributed by atoms with E-state index in [1.54, 1.807) is 11.3 Å². The van der Waals surface area contributed by atoms with Crippen LogP contribution in [0.5, 0.6) is 0 Å². The highest BCUT2D eigenvalue weighted by molar-refractivity contribution is 7.18. The van der Waals surface area contributed by atoms with Gasteiger partial charge in [0.05, 0.1) is 22.5 Å². The Balaban J connectivity index is 1.86. The number of rotatable bonds is 2. The molecule has 2 aromatic rings. The Kier molecular flexibility index (Phi) is 3.07. The van der Waals surface area contributed by atoms with Crippen molar-refractivity contribution < 1.29 is 0 Å². The van der Waals surface area contributed by atoms with Crippen LogP contribution in [0.3, 0.4) is 0 Å². The third-order valence-corrected chi connectivity index (χ3v) is 4.79. The molecule has 2 heterocycles. The smallest absolute Gasteiger partial charge is 0.111 e. The molecule has 0 saturated heterocycles. The van der Waals surface area contributed by atoms with Crippen LogP contribution in [-0.2, 0) is 0 Å². The van der Waals surface area contributed by atoms with Crippen molar-refractivity contribution in [2.75, 3.05) is 0 Å². The minimum atomic E-state index is 0.118. The van der Waals surface area contributed by atoms with Crippen molar-refractivity contribution in [2.24, 2.45) is 11.7 Å². The van der Waals surface area contributed by atoms with Crippen LogP contribution in [0.15, 0.2) is 18.5 Å². The van der Waals surface area contributed by atoms with Crippen molar-refractivity contribution in [1.29, 1.82) is 0 Å². The normalized spacial score (nSPS) is 19.6. The fourth-order valence-corrected chi connectivity index (χ4v) is 3.66. The first kappa shape index (κ1) is 11.1. The number of pyridine rings is 1. The topological polar surface area (TPSA) is 51.8 Å². The Morgan fingerprint density at radius 1 is 1.29 bits per heavy atom. The maximum absolute atomic E-state index is 6.36. The molecule has 0 bridgehead atoms. The molecule has 17 heavy (non-hydrogen) atoms. The lowest BCUT2D eigenvalue weighted by Crippen LogP contribution is -2.23. The van der Waals surface area contributed by atoms with Gasteiger partial charge in [0.15, 0.2) is 0 Å². The number of nitrogens with zero attached hydrogens (tertiary/aromatic N) is 2. The molecular weight excluding hydrogens is 230 g/mol. The molecule has 3 rings (SSSR count). The Morgan fingerprint density at radius 2 is 2.12 bits per heavy atom. The molecule has 4 heteroatoms. The average molecular weight is 247 g/mol. The molecule has 2 N–H and O–H groups in total. The van der Waals surface area contributed by atoms with E-state index in [2.05, 4.69) is 9.97 Å². The summed E-state index contributed by atoms with van der Waals surface area (Å²) in [4.78, 5) is 8.72. The first-order valence-corrected chi connectivity index (χ1v) is 7.12. The van der Waals surface area contributed by atoms with Crippen LogP contribution in [0.25, 0.3) is 10.2 Å². The van der Waals surface area contributed by atoms with E-state index in [0.717, 1.165) is 10.5 Å². The molecule has 0 aromatic carbocycles. The van der Waals surface area contributed by atoms with E-state index in [9.17, 15) is 0 Å². The van der Waals surface area contributed by atoms with E-state index in [-0.39, 0.29) is 6.04 Å². The van der Waals surface area contributed by atoms with E-state index in [1.165, 1.54) is 36.8 Å². The van der Waals surface area contributed by atoms with Gasteiger partial charge in [-0.3, -0.25) is 4.98 Å². The van der Waals surface area contributed by atoms with Gasteiger partial charge in [0.2, 0.25) is 0 Å². The van der Waals surface area contributed by atoms with Crippen LogP contribution in [0.2, 0.25) is 0 Å². The summed E-state index contributed by atoms with van der Waals surface area (Å²) in [5.41, 5.74) is 7.35. The molecule has 1 atom stereocenters. The largest absolute Gasteiger partial charge is 0.322 e. The summed E-state index contributed by atoms with van der Waals surface area (Å²) in [5.74, 6) is 0.622. The number of hydrogen-bond acceptors (Lipinski definition) is 4. The van der Waals surface area contributed by atoms with Gasteiger partial charge in [0.25, 0.3) is 0 Å². The fourth-order valence-electron chi connectivity index (χ4n) is 2.64. The minimum Gasteiger partial charge on any atom is -0.322 e. The molecule has 1 aliphatic carbocycles. The molecule has 2 aromatic heterocycles. The van der Waals surface area contributed by atoms with E-state index in [1.807, 2.05) is 18.5 Å². The van der Waals surface area contributed by atoms with Crippen molar-refractivity contribution in [3.05, 3.63) is 23.5 Å². The zero-order chi connectivity index (χ0) is 11.7. The van der Waals surface area contributed by atoms with E-state index in [0.29, 0.717) is 5.92 Å². The van der Waals surface area contributed by atoms with Crippen molar-refractivity contribution in [3.63, 3.8) is 0 Å². The van der Waals surface area contributed by atoms with Crippen molar-refractivity contribution in [1.82, 2.24) is 9.97 Å². The highest BCUT2D eigenvalue weighted by Gasteiger charge is 2.24. The van der Waals surface area contributed by atoms with Crippen LogP contribution in [0, 0.1) is 5.92 Å². The fraction of sp³-hybridized carbons (Fsp3) is 0.538. The van der Waals surface area contributed by atoms with Crippen LogP contribution >= 0.6 is 11.3 Å². The van der Waals surface area contributed by atoms with Crippen LogP contribution in [0.1, 0.15) is 43.2 Å². The molecule has 1 fully saturated rings. The molecule has 90 valence electrons. The predicted octanol–water partition coefficient (Wildman–Crippen LogP) is 3.27. The third kappa shape index (κ3) is 2.19. The summed E-state index contributed by atoms with van der Waals surface area (Å²) in [6.45, 7) is 0. The summed E-state index contributed by atoms with van der Waals surface area (Å²) in [7, 11) is 0. The average Bonchev–Trinajstić information content (AvgIpc) is 2.82. The number of nitrogens with two attached hydrogens (primary N) is 1. The highest BCUT2D eigenvalue weighted by atomic mass is 32.1. The second-order valence-corrected chi connectivity index (χ2v) is 5.88. The first-order chi connectivity index (χ1) is 8.34. The van der Waals surface area contributed by atoms with Gasteiger partial charge in [-0.25, -0.2) is 4.98 Å². The second kappa shape index (κ2) is 4.70. The lowest BCUT2D eigenvalue weighted by Gasteiger charge is -2.25. The lowest BCUT2D eigenvalue weighted by atomic mass is 9.84. The molecule has 3 nitrogen and oxygen atoms in total. The van der Waals surface area contributed by atoms with Crippen LogP contribution in [0.4, 0.5) is 0 Å². The molecule has 0 radical (unpaired) electrons. The van der Waals surface area contributed by atoms with Gasteiger partial charge in [-0.2, -0.15) is 0 Å². The maximum Gasteiger partial charge on any atom is 0.111 e. The highest BCUT2D eigenvalue weighted by Crippen LogP contribution is 2.35. The van der Waals surface area contributed by atoms with E-state index >= 15 is 0 Å². The van der Waals surface area contributed by atoms with Crippen molar-refractivity contribution >= 4 is 21.6 Å².